The smallest absolute Gasteiger partial charge is 0.220 e. The highest BCUT2D eigenvalue weighted by atomic mass is 16.5. The lowest BCUT2D eigenvalue weighted by atomic mass is 9.86. The number of rotatable bonds is 8. The van der Waals surface area contributed by atoms with Crippen LogP contribution in [0.3, 0.4) is 0 Å². The van der Waals surface area contributed by atoms with Gasteiger partial charge in [-0.3, -0.25) is 4.79 Å². The van der Waals surface area contributed by atoms with Crippen LogP contribution in [0, 0.1) is 12.8 Å². The van der Waals surface area contributed by atoms with Gasteiger partial charge in [0.05, 0.1) is 0 Å². The summed E-state index contributed by atoms with van der Waals surface area (Å²) < 4.78 is 5.58. The number of carbonyl (C=O) groups is 1. The summed E-state index contributed by atoms with van der Waals surface area (Å²) in [6.45, 7) is 2.40. The summed E-state index contributed by atoms with van der Waals surface area (Å²) in [5, 5.41) is 12.7. The summed E-state index contributed by atoms with van der Waals surface area (Å²) in [6, 6.07) is 7.70. The van der Waals surface area contributed by atoms with Crippen LogP contribution < -0.4 is 10.1 Å². The zero-order valence-corrected chi connectivity index (χ0v) is 14.1. The first-order chi connectivity index (χ1) is 11.1. The third-order valence-electron chi connectivity index (χ3n) is 4.56. The zero-order chi connectivity index (χ0) is 16.5. The molecule has 0 aliphatic heterocycles. The van der Waals surface area contributed by atoms with Gasteiger partial charge in [0, 0.05) is 13.0 Å². The Kier molecular flexibility index (Phi) is 7.40. The van der Waals surface area contributed by atoms with Gasteiger partial charge in [-0.15, -0.1) is 0 Å². The number of carbonyl (C=O) groups excluding carboxylic acids is 1. The van der Waals surface area contributed by atoms with E-state index in [4.69, 9.17) is 4.74 Å². The molecule has 1 amide bonds. The first-order valence-corrected chi connectivity index (χ1v) is 8.78. The molecule has 2 N–H and O–H groups in total. The molecular weight excluding hydrogens is 290 g/mol. The fraction of sp³-hybridized carbons (Fsp3) is 0.632. The Hall–Kier alpha value is -1.55. The Morgan fingerprint density at radius 2 is 2.04 bits per heavy atom. The van der Waals surface area contributed by atoms with Gasteiger partial charge in [-0.25, -0.2) is 0 Å². The lowest BCUT2D eigenvalue weighted by molar-refractivity contribution is -0.122. The number of hydrogen-bond acceptors (Lipinski definition) is 3. The quantitative estimate of drug-likeness (QED) is 0.773. The van der Waals surface area contributed by atoms with Crippen LogP contribution in [0.2, 0.25) is 0 Å². The highest BCUT2D eigenvalue weighted by Gasteiger charge is 2.15. The van der Waals surface area contributed by atoms with E-state index in [1.165, 1.54) is 32.1 Å². The average Bonchev–Trinajstić information content (AvgIpc) is 2.58. The number of ether oxygens (including phenoxy) is 1. The molecule has 23 heavy (non-hydrogen) atoms. The molecule has 0 heterocycles. The van der Waals surface area contributed by atoms with Gasteiger partial charge in [0.25, 0.3) is 0 Å². The number of hydrogen-bond donors (Lipinski definition) is 2. The largest absolute Gasteiger partial charge is 0.491 e. The monoisotopic (exact) mass is 319 g/mol. The van der Waals surface area contributed by atoms with Gasteiger partial charge in [-0.1, -0.05) is 50.3 Å². The topological polar surface area (TPSA) is 58.6 Å². The van der Waals surface area contributed by atoms with Crippen molar-refractivity contribution >= 4 is 5.91 Å². The van der Waals surface area contributed by atoms with E-state index >= 15 is 0 Å². The highest BCUT2D eigenvalue weighted by Crippen LogP contribution is 2.27. The Labute approximate surface area is 139 Å². The van der Waals surface area contributed by atoms with Crippen molar-refractivity contribution < 1.29 is 14.6 Å². The number of aryl methyl sites for hydroxylation is 1. The third kappa shape index (κ3) is 6.61. The van der Waals surface area contributed by atoms with E-state index in [9.17, 15) is 9.90 Å². The Morgan fingerprint density at radius 3 is 2.78 bits per heavy atom. The van der Waals surface area contributed by atoms with E-state index in [2.05, 4.69) is 5.32 Å². The van der Waals surface area contributed by atoms with Gasteiger partial charge >= 0.3 is 0 Å². The summed E-state index contributed by atoms with van der Waals surface area (Å²) in [7, 11) is 0. The van der Waals surface area contributed by atoms with Crippen LogP contribution in [0.5, 0.6) is 5.75 Å². The van der Waals surface area contributed by atoms with Crippen LogP contribution in [0.1, 0.15) is 50.5 Å². The van der Waals surface area contributed by atoms with Gasteiger partial charge in [0.2, 0.25) is 5.91 Å². The minimum Gasteiger partial charge on any atom is -0.491 e. The third-order valence-corrected chi connectivity index (χ3v) is 4.56. The van der Waals surface area contributed by atoms with Gasteiger partial charge in [0.1, 0.15) is 18.5 Å². The van der Waals surface area contributed by atoms with E-state index in [-0.39, 0.29) is 19.1 Å². The molecule has 1 atom stereocenters. The minimum absolute atomic E-state index is 0.0329. The van der Waals surface area contributed by atoms with Crippen molar-refractivity contribution in [3.05, 3.63) is 29.8 Å². The van der Waals surface area contributed by atoms with Crippen LogP contribution in [-0.2, 0) is 4.79 Å². The predicted molar refractivity (Wildman–Crippen MR) is 91.5 cm³/mol. The number of aliphatic hydroxyl groups is 1. The molecule has 4 heteroatoms. The molecule has 0 saturated heterocycles. The molecule has 1 saturated carbocycles. The Morgan fingerprint density at radius 1 is 1.30 bits per heavy atom. The minimum atomic E-state index is -0.687. The maximum atomic E-state index is 11.9. The number of benzene rings is 1. The summed E-state index contributed by atoms with van der Waals surface area (Å²) in [5.74, 6) is 1.52. The van der Waals surface area contributed by atoms with Crippen LogP contribution >= 0.6 is 0 Å². The predicted octanol–water partition coefficient (Wildman–Crippen LogP) is 3.21. The molecule has 2 rings (SSSR count). The number of para-hydroxylation sites is 1. The van der Waals surface area contributed by atoms with E-state index in [1.54, 1.807) is 0 Å². The normalized spacial score (nSPS) is 16.8. The molecule has 1 aromatic rings. The first kappa shape index (κ1) is 17.8. The maximum Gasteiger partial charge on any atom is 0.220 e. The molecule has 0 spiro atoms. The molecule has 0 radical (unpaired) electrons. The fourth-order valence-electron chi connectivity index (χ4n) is 3.09. The molecule has 0 aromatic heterocycles. The van der Waals surface area contributed by atoms with E-state index in [0.29, 0.717) is 12.3 Å². The van der Waals surface area contributed by atoms with Crippen molar-refractivity contribution in [2.75, 3.05) is 13.2 Å². The summed E-state index contributed by atoms with van der Waals surface area (Å²) in [5.41, 5.74) is 1.04. The lowest BCUT2D eigenvalue weighted by Crippen LogP contribution is -2.35. The van der Waals surface area contributed by atoms with Crippen molar-refractivity contribution in [2.45, 2.75) is 58.0 Å². The molecule has 1 aliphatic carbocycles. The second kappa shape index (κ2) is 9.56. The maximum absolute atomic E-state index is 11.9. The molecule has 1 aromatic carbocycles. The van der Waals surface area contributed by atoms with Crippen molar-refractivity contribution in [3.63, 3.8) is 0 Å². The first-order valence-electron chi connectivity index (χ1n) is 8.78. The Bertz CT molecular complexity index is 483. The summed E-state index contributed by atoms with van der Waals surface area (Å²) in [6.07, 6.45) is 7.34. The summed E-state index contributed by atoms with van der Waals surface area (Å²) in [4.78, 5) is 11.9. The fourth-order valence-corrected chi connectivity index (χ4v) is 3.09. The molecule has 128 valence electrons. The standard InChI is InChI=1S/C19H29NO3/c1-15-7-5-6-10-18(15)23-14-17(21)13-20-19(22)12-11-16-8-3-2-4-9-16/h5-7,10,16-17,21H,2-4,8-9,11-14H2,1H3,(H,20,22). The van der Waals surface area contributed by atoms with E-state index in [0.717, 1.165) is 17.7 Å². The van der Waals surface area contributed by atoms with Crippen molar-refractivity contribution in [2.24, 2.45) is 5.92 Å². The van der Waals surface area contributed by atoms with E-state index < -0.39 is 6.10 Å². The van der Waals surface area contributed by atoms with Crippen LogP contribution in [0.4, 0.5) is 0 Å². The summed E-state index contributed by atoms with van der Waals surface area (Å²) >= 11 is 0. The Balaban J connectivity index is 1.59. The van der Waals surface area contributed by atoms with Crippen molar-refractivity contribution in [1.29, 1.82) is 0 Å². The van der Waals surface area contributed by atoms with Gasteiger partial charge in [-0.2, -0.15) is 0 Å². The van der Waals surface area contributed by atoms with E-state index in [1.807, 2.05) is 31.2 Å². The molecule has 1 unspecified atom stereocenters. The number of amides is 1. The van der Waals surface area contributed by atoms with Crippen molar-refractivity contribution in [3.8, 4) is 5.75 Å². The molecule has 1 aliphatic rings. The molecule has 0 bridgehead atoms. The lowest BCUT2D eigenvalue weighted by Gasteiger charge is -2.21. The van der Waals surface area contributed by atoms with Gasteiger partial charge in [0.15, 0.2) is 0 Å². The van der Waals surface area contributed by atoms with Gasteiger partial charge < -0.3 is 15.2 Å². The van der Waals surface area contributed by atoms with Crippen LogP contribution in [0.15, 0.2) is 24.3 Å². The SMILES string of the molecule is Cc1ccccc1OCC(O)CNC(=O)CCC1CCCCC1. The molecular formula is C19H29NO3. The van der Waals surface area contributed by atoms with Gasteiger partial charge in [-0.05, 0) is 30.9 Å². The second-order valence-corrected chi connectivity index (χ2v) is 6.58. The molecule has 4 nitrogen and oxygen atoms in total. The second-order valence-electron chi connectivity index (χ2n) is 6.58. The molecule has 1 fully saturated rings. The average molecular weight is 319 g/mol. The highest BCUT2D eigenvalue weighted by molar-refractivity contribution is 5.75. The zero-order valence-electron chi connectivity index (χ0n) is 14.1. The van der Waals surface area contributed by atoms with Crippen molar-refractivity contribution in [1.82, 2.24) is 5.32 Å². The number of aliphatic hydroxyl groups excluding tert-OH is 1. The van der Waals surface area contributed by atoms with Crippen LogP contribution in [-0.4, -0.2) is 30.3 Å². The number of nitrogens with one attached hydrogen (secondary N) is 1. The van der Waals surface area contributed by atoms with Crippen LogP contribution in [0.25, 0.3) is 0 Å².